The topological polar surface area (TPSA) is 159 Å². The van der Waals surface area contributed by atoms with Crippen molar-refractivity contribution in [1.29, 1.82) is 0 Å². The van der Waals surface area contributed by atoms with Gasteiger partial charge in [-0.2, -0.15) is 0 Å². The molecule has 0 fully saturated rings. The zero-order valence-corrected chi connectivity index (χ0v) is 25.2. The van der Waals surface area contributed by atoms with Gasteiger partial charge in [-0.3, -0.25) is 14.4 Å². The molecule has 0 saturated heterocycles. The number of hydrogen-bond donors (Lipinski definition) is 5. The molecule has 0 aliphatic heterocycles. The van der Waals surface area contributed by atoms with Crippen molar-refractivity contribution >= 4 is 23.8 Å². The Morgan fingerprint density at radius 3 is 1.50 bits per heavy atom. The van der Waals surface area contributed by atoms with Gasteiger partial charge in [0.05, 0.1) is 0 Å². The maximum atomic E-state index is 12.2. The average molecular weight is 570 g/mol. The third kappa shape index (κ3) is 24.9. The molecule has 0 bridgehead atoms. The molecule has 234 valence electrons. The molecule has 0 aromatic heterocycles. The Bertz CT molecular complexity index is 673. The van der Waals surface area contributed by atoms with Crippen LogP contribution in [-0.2, 0) is 19.2 Å². The Balaban J connectivity index is 3.68. The molecule has 0 unspecified atom stereocenters. The van der Waals surface area contributed by atoms with Gasteiger partial charge in [-0.15, -0.1) is 0 Å². The molecule has 9 heteroatoms. The van der Waals surface area contributed by atoms with Crippen molar-refractivity contribution in [3.63, 3.8) is 0 Å². The van der Waals surface area contributed by atoms with Gasteiger partial charge in [0.15, 0.2) is 0 Å². The molecule has 0 aromatic carbocycles. The van der Waals surface area contributed by atoms with Crippen LogP contribution in [-0.4, -0.2) is 52.6 Å². The van der Waals surface area contributed by atoms with Gasteiger partial charge in [0.2, 0.25) is 11.8 Å². The van der Waals surface area contributed by atoms with Crippen molar-refractivity contribution in [3.8, 4) is 0 Å². The Hall–Kier alpha value is -2.16. The lowest BCUT2D eigenvalue weighted by molar-refractivity contribution is -0.142. The van der Waals surface area contributed by atoms with Gasteiger partial charge in [-0.1, -0.05) is 110 Å². The molecule has 0 radical (unpaired) electrons. The highest BCUT2D eigenvalue weighted by Crippen LogP contribution is 2.14. The van der Waals surface area contributed by atoms with Gasteiger partial charge in [-0.25, -0.2) is 4.79 Å². The SMILES string of the molecule is CCCCCCCCCCCCCCCCCCCC(=O)N[C@@H](CCC(=O)NCCCC[C@H](N)C(=O)O)C(=O)O. The Kier molecular flexibility index (Phi) is 25.6. The van der Waals surface area contributed by atoms with Gasteiger partial charge in [0.1, 0.15) is 12.1 Å². The van der Waals surface area contributed by atoms with Gasteiger partial charge in [-0.05, 0) is 32.1 Å². The summed E-state index contributed by atoms with van der Waals surface area (Å²) in [7, 11) is 0. The first kappa shape index (κ1) is 37.8. The van der Waals surface area contributed by atoms with E-state index in [1.165, 1.54) is 89.9 Å². The van der Waals surface area contributed by atoms with E-state index in [2.05, 4.69) is 17.6 Å². The van der Waals surface area contributed by atoms with Gasteiger partial charge in [0.25, 0.3) is 0 Å². The highest BCUT2D eigenvalue weighted by Gasteiger charge is 2.20. The number of carbonyl (C=O) groups excluding carboxylic acids is 2. The summed E-state index contributed by atoms with van der Waals surface area (Å²) in [5.41, 5.74) is 5.43. The number of amides is 2. The van der Waals surface area contributed by atoms with Crippen molar-refractivity contribution in [2.24, 2.45) is 5.73 Å². The van der Waals surface area contributed by atoms with Crippen molar-refractivity contribution in [1.82, 2.24) is 10.6 Å². The maximum Gasteiger partial charge on any atom is 0.326 e. The number of carboxylic acids is 2. The van der Waals surface area contributed by atoms with Crippen molar-refractivity contribution in [3.05, 3.63) is 0 Å². The second-order valence-electron chi connectivity index (χ2n) is 11.2. The largest absolute Gasteiger partial charge is 0.480 e. The van der Waals surface area contributed by atoms with Crippen LogP contribution in [0.1, 0.15) is 155 Å². The number of unbranched alkanes of at least 4 members (excludes halogenated alkanes) is 17. The summed E-state index contributed by atoms with van der Waals surface area (Å²) < 4.78 is 0. The molecule has 0 heterocycles. The minimum Gasteiger partial charge on any atom is -0.480 e. The summed E-state index contributed by atoms with van der Waals surface area (Å²) in [5, 5.41) is 23.4. The standard InChI is InChI=1S/C31H59N3O6/c1-2-3-4-5-6-7-8-9-10-11-12-13-14-15-16-17-18-22-29(36)34-27(31(39)40)23-24-28(35)33-25-20-19-21-26(32)30(37)38/h26-27H,2-25,32H2,1H3,(H,33,35)(H,34,36)(H,37,38)(H,39,40)/t26-,27-/m0/s1. The van der Waals surface area contributed by atoms with Crippen molar-refractivity contribution < 1.29 is 29.4 Å². The third-order valence-corrected chi connectivity index (χ3v) is 7.38. The minimum absolute atomic E-state index is 0.00892. The molecule has 0 spiro atoms. The molecule has 0 aliphatic rings. The van der Waals surface area contributed by atoms with Crippen LogP contribution in [0.25, 0.3) is 0 Å². The molecule has 0 rings (SSSR count). The summed E-state index contributed by atoms with van der Waals surface area (Å²) in [6.45, 7) is 2.63. The van der Waals surface area contributed by atoms with E-state index in [-0.39, 0.29) is 24.7 Å². The van der Waals surface area contributed by atoms with Crippen LogP contribution in [0.3, 0.4) is 0 Å². The van der Waals surface area contributed by atoms with Crippen LogP contribution in [0.5, 0.6) is 0 Å². The van der Waals surface area contributed by atoms with Crippen LogP contribution in [0, 0.1) is 0 Å². The first-order valence-corrected chi connectivity index (χ1v) is 16.0. The van der Waals surface area contributed by atoms with Crippen LogP contribution in [0.2, 0.25) is 0 Å². The van der Waals surface area contributed by atoms with E-state index in [1.807, 2.05) is 0 Å². The average Bonchev–Trinajstić information content (AvgIpc) is 2.92. The number of aliphatic carboxylic acids is 2. The summed E-state index contributed by atoms with van der Waals surface area (Å²) in [6, 6.07) is -1.99. The minimum atomic E-state index is -1.15. The lowest BCUT2D eigenvalue weighted by atomic mass is 10.0. The lowest BCUT2D eigenvalue weighted by Gasteiger charge is -2.14. The van der Waals surface area contributed by atoms with E-state index in [0.717, 1.165) is 19.3 Å². The fourth-order valence-electron chi connectivity index (χ4n) is 4.74. The second kappa shape index (κ2) is 27.0. The van der Waals surface area contributed by atoms with Gasteiger partial charge >= 0.3 is 11.9 Å². The third-order valence-electron chi connectivity index (χ3n) is 7.38. The highest BCUT2D eigenvalue weighted by molar-refractivity contribution is 5.84. The number of rotatable bonds is 29. The van der Waals surface area contributed by atoms with E-state index >= 15 is 0 Å². The van der Waals surface area contributed by atoms with E-state index in [9.17, 15) is 24.3 Å². The first-order chi connectivity index (χ1) is 19.3. The monoisotopic (exact) mass is 569 g/mol. The van der Waals surface area contributed by atoms with Gasteiger partial charge < -0.3 is 26.6 Å². The zero-order valence-electron chi connectivity index (χ0n) is 25.2. The predicted molar refractivity (Wildman–Crippen MR) is 160 cm³/mol. The molecule has 40 heavy (non-hydrogen) atoms. The number of carboxylic acid groups (broad SMARTS) is 2. The molecular formula is C31H59N3O6. The quantitative estimate of drug-likeness (QED) is 0.0683. The van der Waals surface area contributed by atoms with E-state index < -0.39 is 24.0 Å². The number of nitrogens with two attached hydrogens (primary N) is 1. The summed E-state index contributed by atoms with van der Waals surface area (Å²) in [6.07, 6.45) is 23.4. The Morgan fingerprint density at radius 1 is 0.575 bits per heavy atom. The maximum absolute atomic E-state index is 12.2. The fourth-order valence-corrected chi connectivity index (χ4v) is 4.74. The highest BCUT2D eigenvalue weighted by atomic mass is 16.4. The fraction of sp³-hybridized carbons (Fsp3) is 0.871. The predicted octanol–water partition coefficient (Wildman–Crippen LogP) is 6.08. The number of carbonyl (C=O) groups is 4. The molecule has 0 saturated carbocycles. The molecule has 2 atom stereocenters. The lowest BCUT2D eigenvalue weighted by Crippen LogP contribution is -2.41. The Labute approximate surface area is 242 Å². The van der Waals surface area contributed by atoms with Crippen molar-refractivity contribution in [2.45, 2.75) is 167 Å². The first-order valence-electron chi connectivity index (χ1n) is 16.0. The molecule has 9 nitrogen and oxygen atoms in total. The molecule has 0 aliphatic carbocycles. The Morgan fingerprint density at radius 2 is 1.05 bits per heavy atom. The smallest absolute Gasteiger partial charge is 0.326 e. The molecular weight excluding hydrogens is 510 g/mol. The second-order valence-corrected chi connectivity index (χ2v) is 11.2. The zero-order chi connectivity index (χ0) is 29.8. The number of nitrogens with one attached hydrogen (secondary N) is 2. The molecule has 0 aromatic rings. The van der Waals surface area contributed by atoms with E-state index in [0.29, 0.717) is 32.2 Å². The van der Waals surface area contributed by atoms with Crippen molar-refractivity contribution in [2.75, 3.05) is 6.54 Å². The van der Waals surface area contributed by atoms with Crippen LogP contribution in [0.4, 0.5) is 0 Å². The van der Waals surface area contributed by atoms with Gasteiger partial charge in [0, 0.05) is 19.4 Å². The molecule has 2 amide bonds. The van der Waals surface area contributed by atoms with E-state index in [4.69, 9.17) is 10.8 Å². The number of hydrogen-bond acceptors (Lipinski definition) is 5. The summed E-state index contributed by atoms with van der Waals surface area (Å²) in [4.78, 5) is 46.3. The van der Waals surface area contributed by atoms with Crippen LogP contribution < -0.4 is 16.4 Å². The summed E-state index contributed by atoms with van der Waals surface area (Å²) in [5.74, 6) is -2.78. The summed E-state index contributed by atoms with van der Waals surface area (Å²) >= 11 is 0. The normalized spacial score (nSPS) is 12.6. The molecule has 6 N–H and O–H groups in total. The van der Waals surface area contributed by atoms with E-state index in [1.54, 1.807) is 0 Å². The van der Waals surface area contributed by atoms with Crippen LogP contribution >= 0.6 is 0 Å². The van der Waals surface area contributed by atoms with Crippen LogP contribution in [0.15, 0.2) is 0 Å².